The first-order chi connectivity index (χ1) is 13.1. The van der Waals surface area contributed by atoms with E-state index in [9.17, 15) is 0 Å². The molecule has 0 fully saturated rings. The van der Waals surface area contributed by atoms with E-state index in [1.54, 1.807) is 0 Å². The highest BCUT2D eigenvalue weighted by Gasteiger charge is 2.13. The van der Waals surface area contributed by atoms with E-state index in [1.807, 2.05) is 11.3 Å². The fraction of sp³-hybridized carbons (Fsp3) is 0.318. The zero-order valence-electron chi connectivity index (χ0n) is 16.2. The molecule has 4 aromatic rings. The lowest BCUT2D eigenvalue weighted by molar-refractivity contribution is 0.294. The Morgan fingerprint density at radius 1 is 0.963 bits per heavy atom. The summed E-state index contributed by atoms with van der Waals surface area (Å²) in [6.07, 6.45) is 1.19. The van der Waals surface area contributed by atoms with Crippen molar-refractivity contribution in [2.24, 2.45) is 0 Å². The number of nitrogens with zero attached hydrogens (tertiary/aromatic N) is 3. The summed E-state index contributed by atoms with van der Waals surface area (Å²) in [4.78, 5) is 4.62. The van der Waals surface area contributed by atoms with Gasteiger partial charge in [-0.15, -0.1) is 11.3 Å². The molecule has 0 unspecified atom stereocenters. The molecule has 0 amide bonds. The predicted octanol–water partition coefficient (Wildman–Crippen LogP) is 4.83. The van der Waals surface area contributed by atoms with E-state index >= 15 is 0 Å². The molecule has 1 N–H and O–H groups in total. The molecule has 0 bridgehead atoms. The zero-order valence-corrected chi connectivity index (χ0v) is 17.0. The standard InChI is InChI=1S/C22H26N4S/c1-25(2)13-6-14-26(3)15-16-9-11-17(12-10-16)20-22-21(24-23-20)18-7-4-5-8-19(18)27-22/h4-5,7-12H,6,13-15H2,1-3H3,(H,23,24). The fourth-order valence-electron chi connectivity index (χ4n) is 3.50. The Balaban J connectivity index is 1.50. The van der Waals surface area contributed by atoms with Crippen molar-refractivity contribution in [2.45, 2.75) is 13.0 Å². The first-order valence-corrected chi connectivity index (χ1v) is 10.2. The maximum atomic E-state index is 4.59. The summed E-state index contributed by atoms with van der Waals surface area (Å²) < 4.78 is 2.54. The van der Waals surface area contributed by atoms with Crippen LogP contribution >= 0.6 is 11.3 Å². The minimum absolute atomic E-state index is 0.979. The molecule has 0 aliphatic rings. The number of fused-ring (bicyclic) bond motifs is 3. The summed E-state index contributed by atoms with van der Waals surface area (Å²) >= 11 is 1.81. The molecule has 4 nitrogen and oxygen atoms in total. The molecule has 0 spiro atoms. The summed E-state index contributed by atoms with van der Waals surface area (Å²) in [5, 5.41) is 9.09. The van der Waals surface area contributed by atoms with Gasteiger partial charge in [-0.3, -0.25) is 5.10 Å². The third-order valence-electron chi connectivity index (χ3n) is 4.92. The first kappa shape index (κ1) is 18.2. The number of hydrogen-bond acceptors (Lipinski definition) is 4. The van der Waals surface area contributed by atoms with Gasteiger partial charge in [0.2, 0.25) is 0 Å². The van der Waals surface area contributed by atoms with E-state index in [4.69, 9.17) is 0 Å². The second kappa shape index (κ2) is 7.80. The van der Waals surface area contributed by atoms with Crippen molar-refractivity contribution in [3.63, 3.8) is 0 Å². The number of H-pyrrole nitrogens is 1. The average molecular weight is 379 g/mol. The minimum Gasteiger partial charge on any atom is -0.309 e. The Kier molecular flexibility index (Phi) is 5.25. The van der Waals surface area contributed by atoms with Gasteiger partial charge in [0.05, 0.1) is 10.2 Å². The molecule has 0 radical (unpaired) electrons. The molecule has 0 aliphatic carbocycles. The third kappa shape index (κ3) is 3.90. The monoisotopic (exact) mass is 378 g/mol. The molecular weight excluding hydrogens is 352 g/mol. The van der Waals surface area contributed by atoms with Crippen molar-refractivity contribution in [3.05, 3.63) is 54.1 Å². The largest absolute Gasteiger partial charge is 0.309 e. The van der Waals surface area contributed by atoms with Gasteiger partial charge in [-0.05, 0) is 52.3 Å². The second-order valence-corrected chi connectivity index (χ2v) is 8.52. The highest BCUT2D eigenvalue weighted by molar-refractivity contribution is 7.26. The van der Waals surface area contributed by atoms with Crippen LogP contribution in [-0.4, -0.2) is 54.2 Å². The lowest BCUT2D eigenvalue weighted by atomic mass is 10.1. The second-order valence-electron chi connectivity index (χ2n) is 7.47. The van der Waals surface area contributed by atoms with E-state index in [0.717, 1.165) is 30.8 Å². The highest BCUT2D eigenvalue weighted by atomic mass is 32.1. The van der Waals surface area contributed by atoms with Gasteiger partial charge in [0.25, 0.3) is 0 Å². The highest BCUT2D eigenvalue weighted by Crippen LogP contribution is 2.38. The van der Waals surface area contributed by atoms with Crippen LogP contribution in [0, 0.1) is 0 Å². The molecule has 0 aliphatic heterocycles. The van der Waals surface area contributed by atoms with Crippen molar-refractivity contribution in [1.82, 2.24) is 20.0 Å². The van der Waals surface area contributed by atoms with E-state index in [2.05, 4.69) is 89.7 Å². The van der Waals surface area contributed by atoms with Gasteiger partial charge < -0.3 is 9.80 Å². The van der Waals surface area contributed by atoms with Crippen LogP contribution in [0.5, 0.6) is 0 Å². The Hall–Kier alpha value is -2.21. The lowest BCUT2D eigenvalue weighted by Gasteiger charge is -2.18. The molecule has 2 aromatic heterocycles. The number of thiophene rings is 1. The van der Waals surface area contributed by atoms with E-state index in [1.165, 1.54) is 32.3 Å². The summed E-state index contributed by atoms with van der Waals surface area (Å²) in [5.41, 5.74) is 4.72. The normalized spacial score (nSPS) is 12.0. The quantitative estimate of drug-likeness (QED) is 0.500. The van der Waals surface area contributed by atoms with Crippen molar-refractivity contribution in [1.29, 1.82) is 0 Å². The predicted molar refractivity (Wildman–Crippen MR) is 116 cm³/mol. The summed E-state index contributed by atoms with van der Waals surface area (Å²) in [6.45, 7) is 3.22. The molecule has 5 heteroatoms. The molecular formula is C22H26N4S. The Morgan fingerprint density at radius 2 is 1.74 bits per heavy atom. The van der Waals surface area contributed by atoms with Gasteiger partial charge in [0.1, 0.15) is 5.69 Å². The lowest BCUT2D eigenvalue weighted by Crippen LogP contribution is -2.23. The number of rotatable bonds is 7. The fourth-order valence-corrected chi connectivity index (χ4v) is 4.66. The molecule has 140 valence electrons. The Morgan fingerprint density at radius 3 is 2.52 bits per heavy atom. The number of aromatic nitrogens is 2. The smallest absolute Gasteiger partial charge is 0.110 e. The zero-order chi connectivity index (χ0) is 18.8. The molecule has 0 saturated carbocycles. The van der Waals surface area contributed by atoms with Crippen molar-refractivity contribution in [2.75, 3.05) is 34.2 Å². The summed E-state index contributed by atoms with van der Waals surface area (Å²) in [5.74, 6) is 0. The SMILES string of the molecule is CN(C)CCCN(C)Cc1ccc(-c2n[nH]c3c2sc2ccccc23)cc1. The van der Waals surface area contributed by atoms with Crippen LogP contribution in [0.25, 0.3) is 31.6 Å². The van der Waals surface area contributed by atoms with Gasteiger partial charge in [-0.2, -0.15) is 5.10 Å². The van der Waals surface area contributed by atoms with Crippen LogP contribution in [0.1, 0.15) is 12.0 Å². The molecule has 2 aromatic carbocycles. The average Bonchev–Trinajstić information content (AvgIpc) is 3.21. The van der Waals surface area contributed by atoms with Crippen LogP contribution in [-0.2, 0) is 6.54 Å². The summed E-state index contributed by atoms with van der Waals surface area (Å²) in [7, 11) is 6.45. The van der Waals surface area contributed by atoms with Crippen LogP contribution in [0.15, 0.2) is 48.5 Å². The number of benzene rings is 2. The summed E-state index contributed by atoms with van der Waals surface area (Å²) in [6, 6.07) is 17.4. The molecule has 27 heavy (non-hydrogen) atoms. The van der Waals surface area contributed by atoms with Gasteiger partial charge in [0, 0.05) is 22.2 Å². The van der Waals surface area contributed by atoms with E-state index in [-0.39, 0.29) is 0 Å². The minimum atomic E-state index is 0.979. The molecule has 0 atom stereocenters. The number of nitrogens with one attached hydrogen (secondary N) is 1. The van der Waals surface area contributed by atoms with Crippen molar-refractivity contribution < 1.29 is 0 Å². The molecule has 2 heterocycles. The third-order valence-corrected chi connectivity index (χ3v) is 6.09. The maximum Gasteiger partial charge on any atom is 0.110 e. The van der Waals surface area contributed by atoms with Gasteiger partial charge in [0.15, 0.2) is 0 Å². The van der Waals surface area contributed by atoms with E-state index in [0.29, 0.717) is 0 Å². The first-order valence-electron chi connectivity index (χ1n) is 9.40. The topological polar surface area (TPSA) is 35.2 Å². The molecule has 4 rings (SSSR count). The number of aromatic amines is 1. The van der Waals surface area contributed by atoms with Gasteiger partial charge >= 0.3 is 0 Å². The van der Waals surface area contributed by atoms with Crippen LogP contribution < -0.4 is 0 Å². The van der Waals surface area contributed by atoms with Crippen LogP contribution in [0.4, 0.5) is 0 Å². The van der Waals surface area contributed by atoms with E-state index < -0.39 is 0 Å². The maximum absolute atomic E-state index is 4.59. The van der Waals surface area contributed by atoms with Crippen LogP contribution in [0.3, 0.4) is 0 Å². The van der Waals surface area contributed by atoms with Gasteiger partial charge in [-0.25, -0.2) is 0 Å². The number of hydrogen-bond donors (Lipinski definition) is 1. The van der Waals surface area contributed by atoms with Gasteiger partial charge in [-0.1, -0.05) is 42.5 Å². The molecule has 0 saturated heterocycles. The van der Waals surface area contributed by atoms with Crippen molar-refractivity contribution >= 4 is 31.6 Å². The Labute approximate surface area is 164 Å². The Bertz CT molecular complexity index is 1030. The van der Waals surface area contributed by atoms with Crippen LogP contribution in [0.2, 0.25) is 0 Å². The van der Waals surface area contributed by atoms with Crippen molar-refractivity contribution in [3.8, 4) is 11.3 Å².